The molecule has 4 aliphatic rings. The van der Waals surface area contributed by atoms with Crippen molar-refractivity contribution in [3.63, 3.8) is 0 Å². The fourth-order valence-electron chi connectivity index (χ4n) is 8.18. The summed E-state index contributed by atoms with van der Waals surface area (Å²) < 4.78 is 13.6. The Kier molecular flexibility index (Phi) is 12.1. The largest absolute Gasteiger partial charge is 0.325 e. The number of rotatable bonds is 8. The monoisotopic (exact) mass is 844 g/mol. The summed E-state index contributed by atoms with van der Waals surface area (Å²) in [5, 5.41) is 24.7. The zero-order valence-corrected chi connectivity index (χ0v) is 34.1. The molecule has 2 aliphatic carbocycles. The number of nitriles is 2. The summed E-state index contributed by atoms with van der Waals surface area (Å²) in [6, 6.07) is 26.6. The number of benzene rings is 4. The van der Waals surface area contributed by atoms with E-state index < -0.39 is 23.1 Å². The van der Waals surface area contributed by atoms with Gasteiger partial charge in [0.1, 0.15) is 41.7 Å². The second kappa shape index (κ2) is 17.4. The zero-order chi connectivity index (χ0) is 42.6. The molecule has 304 valence electrons. The van der Waals surface area contributed by atoms with Crippen molar-refractivity contribution < 1.29 is 23.6 Å². The van der Waals surface area contributed by atoms with Crippen molar-refractivity contribution in [2.75, 3.05) is 23.7 Å². The predicted octanol–water partition coefficient (Wildman–Crippen LogP) is 7.95. The molecule has 60 heavy (non-hydrogen) atoms. The molecule has 0 radical (unpaired) electrons. The summed E-state index contributed by atoms with van der Waals surface area (Å²) in [7, 11) is 0. The van der Waals surface area contributed by atoms with E-state index in [1.165, 1.54) is 11.0 Å². The minimum Gasteiger partial charge on any atom is -0.325 e. The number of nitrogens with zero attached hydrogens (tertiary/aromatic N) is 6. The van der Waals surface area contributed by atoms with Gasteiger partial charge in [0, 0.05) is 32.5 Å². The highest BCUT2D eigenvalue weighted by molar-refractivity contribution is 6.47. The first-order valence-electron chi connectivity index (χ1n) is 19.5. The van der Waals surface area contributed by atoms with E-state index in [2.05, 4.69) is 16.7 Å². The van der Waals surface area contributed by atoms with Crippen molar-refractivity contribution >= 4 is 69.6 Å². The van der Waals surface area contributed by atoms with Gasteiger partial charge in [0.15, 0.2) is 0 Å². The van der Waals surface area contributed by atoms with Crippen LogP contribution in [-0.2, 0) is 19.2 Å². The number of hydrogen-bond donors (Lipinski definition) is 2. The van der Waals surface area contributed by atoms with Gasteiger partial charge in [-0.3, -0.25) is 29.2 Å². The molecule has 0 saturated heterocycles. The number of carbonyl (C=O) groups is 4. The first kappa shape index (κ1) is 41.7. The molecule has 2 aliphatic heterocycles. The highest BCUT2D eigenvalue weighted by Crippen LogP contribution is 2.42. The Morgan fingerprint density at radius 1 is 0.683 bits per heavy atom. The number of aliphatic imine (C=N–C) groups is 2. The van der Waals surface area contributed by atoms with Gasteiger partial charge >= 0.3 is 0 Å². The number of anilines is 2. The maximum atomic E-state index is 13.6. The van der Waals surface area contributed by atoms with Crippen molar-refractivity contribution in [1.82, 2.24) is 9.80 Å². The molecule has 4 aromatic rings. The number of carbonyl (C=O) groups excluding carboxylic acids is 4. The van der Waals surface area contributed by atoms with Gasteiger partial charge in [-0.1, -0.05) is 53.5 Å². The normalized spacial score (nSPS) is 17.2. The summed E-state index contributed by atoms with van der Waals surface area (Å²) in [6.07, 6.45) is 6.61. The minimum atomic E-state index is -0.733. The van der Waals surface area contributed by atoms with Gasteiger partial charge in [0.25, 0.3) is 11.8 Å². The standard InChI is InChI=1S/C23H21ClN4O2.C22H18ClFN4O2/c1-15-4-9-19(12-17(15)13-25)26-20(29)14-28-22(30)21(16-5-7-18(24)8-6-16)27-23(28)10-2-3-11-23;23-16-5-3-15(4-6-16)20-21(30)28(22(27-20)7-1-2-8-22)13-19(29)26-18-10-14(12-25)9-17(24)11-18/h4-9,12H,2-3,10-11,14H2,1H3,(H,26,29);3-6,9-11H,1-2,7-8,13H2,(H,26,29). The minimum absolute atomic E-state index is 0.0881. The van der Waals surface area contributed by atoms with Crippen LogP contribution in [-0.4, -0.2) is 69.3 Å². The van der Waals surface area contributed by atoms with Crippen LogP contribution in [0.2, 0.25) is 10.0 Å². The topological polar surface area (TPSA) is 171 Å². The maximum absolute atomic E-state index is 13.6. The molecule has 4 amide bonds. The van der Waals surface area contributed by atoms with Crippen LogP contribution in [0.3, 0.4) is 0 Å². The van der Waals surface area contributed by atoms with E-state index >= 15 is 0 Å². The molecule has 4 aromatic carbocycles. The average molecular weight is 846 g/mol. The number of hydrogen-bond acceptors (Lipinski definition) is 8. The molecule has 2 saturated carbocycles. The van der Waals surface area contributed by atoms with Gasteiger partial charge in [0.05, 0.1) is 23.3 Å². The zero-order valence-electron chi connectivity index (χ0n) is 32.6. The van der Waals surface area contributed by atoms with Gasteiger partial charge in [0.2, 0.25) is 11.8 Å². The van der Waals surface area contributed by atoms with E-state index in [1.807, 2.05) is 13.0 Å². The van der Waals surface area contributed by atoms with E-state index in [-0.39, 0.29) is 42.1 Å². The number of amides is 4. The quantitative estimate of drug-likeness (QED) is 0.182. The molecular formula is C45H39Cl2FN8O4. The van der Waals surface area contributed by atoms with Crippen LogP contribution in [0.4, 0.5) is 15.8 Å². The lowest BCUT2D eigenvalue weighted by Gasteiger charge is -2.32. The predicted molar refractivity (Wildman–Crippen MR) is 226 cm³/mol. The number of aryl methyl sites for hydroxylation is 1. The molecule has 2 fully saturated rings. The van der Waals surface area contributed by atoms with Crippen LogP contribution in [0, 0.1) is 35.4 Å². The third-order valence-corrected chi connectivity index (χ3v) is 11.6. The van der Waals surface area contributed by atoms with Crippen LogP contribution >= 0.6 is 23.2 Å². The van der Waals surface area contributed by atoms with Crippen LogP contribution in [0.1, 0.15) is 79.2 Å². The second-order valence-electron chi connectivity index (χ2n) is 15.2. The van der Waals surface area contributed by atoms with Crippen molar-refractivity contribution in [3.8, 4) is 12.1 Å². The molecule has 8 rings (SSSR count). The Balaban J connectivity index is 0.000000181. The van der Waals surface area contributed by atoms with E-state index in [0.29, 0.717) is 56.7 Å². The Hall–Kier alpha value is -6.41. The molecular weight excluding hydrogens is 806 g/mol. The van der Waals surface area contributed by atoms with E-state index in [1.54, 1.807) is 71.6 Å². The molecule has 2 N–H and O–H groups in total. The SMILES string of the molecule is Cc1ccc(NC(=O)CN2C(=O)C(c3ccc(Cl)cc3)=NC23CCCC3)cc1C#N.N#Cc1cc(F)cc(NC(=O)CN2C(=O)C(c3ccc(Cl)cc3)=NC23CCCC3)c1. The lowest BCUT2D eigenvalue weighted by Crippen LogP contribution is -2.48. The number of nitrogens with one attached hydrogen (secondary N) is 2. The molecule has 0 atom stereocenters. The molecule has 12 nitrogen and oxygen atoms in total. The highest BCUT2D eigenvalue weighted by atomic mass is 35.5. The summed E-state index contributed by atoms with van der Waals surface area (Å²) in [5.74, 6) is -1.96. The maximum Gasteiger partial charge on any atom is 0.275 e. The Labute approximate surface area is 356 Å². The average Bonchev–Trinajstić information content (AvgIpc) is 4.02. The lowest BCUT2D eigenvalue weighted by molar-refractivity contribution is -0.132. The van der Waals surface area contributed by atoms with Crippen molar-refractivity contribution in [2.24, 2.45) is 9.98 Å². The Bertz CT molecular complexity index is 2520. The van der Waals surface area contributed by atoms with E-state index in [4.69, 9.17) is 38.4 Å². The van der Waals surface area contributed by atoms with Crippen molar-refractivity contribution in [2.45, 2.75) is 69.6 Å². The lowest BCUT2D eigenvalue weighted by atomic mass is 10.1. The summed E-state index contributed by atoms with van der Waals surface area (Å²) >= 11 is 11.9. The van der Waals surface area contributed by atoms with Crippen LogP contribution in [0.25, 0.3) is 0 Å². The smallest absolute Gasteiger partial charge is 0.275 e. The van der Waals surface area contributed by atoms with Crippen LogP contribution in [0.5, 0.6) is 0 Å². The molecule has 0 aromatic heterocycles. The highest BCUT2D eigenvalue weighted by Gasteiger charge is 2.50. The van der Waals surface area contributed by atoms with Crippen molar-refractivity contribution in [3.05, 3.63) is 129 Å². The second-order valence-corrected chi connectivity index (χ2v) is 16.0. The van der Waals surface area contributed by atoms with E-state index in [0.717, 1.165) is 56.2 Å². The first-order valence-corrected chi connectivity index (χ1v) is 20.2. The summed E-state index contributed by atoms with van der Waals surface area (Å²) in [6.45, 7) is 1.54. The molecule has 2 heterocycles. The third-order valence-electron chi connectivity index (χ3n) is 11.1. The third kappa shape index (κ3) is 8.79. The Morgan fingerprint density at radius 3 is 1.60 bits per heavy atom. The van der Waals surface area contributed by atoms with Crippen LogP contribution in [0.15, 0.2) is 94.9 Å². The summed E-state index contributed by atoms with van der Waals surface area (Å²) in [5.41, 5.74) is 2.82. The Morgan fingerprint density at radius 2 is 1.15 bits per heavy atom. The fourth-order valence-corrected chi connectivity index (χ4v) is 8.43. The van der Waals surface area contributed by atoms with Gasteiger partial charge in [-0.25, -0.2) is 4.39 Å². The van der Waals surface area contributed by atoms with E-state index in [9.17, 15) is 28.8 Å². The molecule has 0 unspecified atom stereocenters. The van der Waals surface area contributed by atoms with Gasteiger partial charge in [-0.15, -0.1) is 0 Å². The summed E-state index contributed by atoms with van der Waals surface area (Å²) in [4.78, 5) is 64.5. The van der Waals surface area contributed by atoms with Crippen LogP contribution < -0.4 is 10.6 Å². The van der Waals surface area contributed by atoms with Gasteiger partial charge in [-0.05, 0) is 118 Å². The van der Waals surface area contributed by atoms with Crippen molar-refractivity contribution in [1.29, 1.82) is 10.5 Å². The fraction of sp³-hybridized carbons (Fsp3) is 0.289. The first-order chi connectivity index (χ1) is 28.8. The van der Waals surface area contributed by atoms with Gasteiger partial charge in [-0.2, -0.15) is 10.5 Å². The number of halogens is 3. The molecule has 15 heteroatoms. The molecule has 0 bridgehead atoms. The molecule has 2 spiro atoms. The van der Waals surface area contributed by atoms with Gasteiger partial charge < -0.3 is 20.4 Å².